The number of benzene rings is 5. The Morgan fingerprint density at radius 1 is 0.595 bits per heavy atom. The number of hydrogen-bond acceptors (Lipinski definition) is 4. The molecule has 0 bridgehead atoms. The van der Waals surface area contributed by atoms with Gasteiger partial charge >= 0.3 is 0 Å². The third-order valence-electron chi connectivity index (χ3n) is 6.22. The normalized spacial score (nSPS) is 11.1. The van der Waals surface area contributed by atoms with Crippen LogP contribution >= 0.6 is 0 Å². The lowest BCUT2D eigenvalue weighted by atomic mass is 10.2. The number of nitrogens with zero attached hydrogens (tertiary/aromatic N) is 1. The topological polar surface area (TPSA) is 61.6 Å². The third kappa shape index (κ3) is 5.21. The van der Waals surface area contributed by atoms with Crippen LogP contribution < -0.4 is 20.3 Å². The number of rotatable bonds is 9. The van der Waals surface area contributed by atoms with Crippen molar-refractivity contribution in [3.8, 4) is 11.5 Å². The molecule has 0 spiro atoms. The van der Waals surface area contributed by atoms with E-state index in [1.807, 2.05) is 84.9 Å². The van der Waals surface area contributed by atoms with E-state index in [4.69, 9.17) is 9.16 Å². The molecule has 0 heterocycles. The molecule has 182 valence electrons. The summed E-state index contributed by atoms with van der Waals surface area (Å²) in [5, 5.41) is 15.3. The molecule has 5 aromatic rings. The van der Waals surface area contributed by atoms with Crippen LogP contribution in [0.15, 0.2) is 140 Å². The van der Waals surface area contributed by atoms with Crippen LogP contribution in [0.4, 0.5) is 5.69 Å². The second-order valence-corrected chi connectivity index (χ2v) is 11.9. The van der Waals surface area contributed by atoms with Crippen LogP contribution in [0.3, 0.4) is 0 Å². The molecule has 0 atom stereocenters. The summed E-state index contributed by atoms with van der Waals surface area (Å²) in [6.45, 7) is 0.0762. The van der Waals surface area contributed by atoms with Crippen molar-refractivity contribution >= 4 is 29.6 Å². The van der Waals surface area contributed by atoms with Gasteiger partial charge in [-0.1, -0.05) is 109 Å². The van der Waals surface area contributed by atoms with Gasteiger partial charge in [-0.2, -0.15) is 0 Å². The van der Waals surface area contributed by atoms with Crippen molar-refractivity contribution in [2.75, 3.05) is 0 Å². The van der Waals surface area contributed by atoms with Gasteiger partial charge in [-0.25, -0.2) is 0 Å². The molecule has 0 amide bonds. The minimum Gasteiger partial charge on any atom is -0.457 e. The molecule has 0 aliphatic carbocycles. The van der Waals surface area contributed by atoms with Gasteiger partial charge in [-0.3, -0.25) is 10.1 Å². The fourth-order valence-electron chi connectivity index (χ4n) is 4.48. The molecule has 0 radical (unpaired) electrons. The van der Waals surface area contributed by atoms with Crippen molar-refractivity contribution in [2.24, 2.45) is 0 Å². The van der Waals surface area contributed by atoms with Crippen LogP contribution in [0, 0.1) is 10.1 Å². The van der Waals surface area contributed by atoms with Gasteiger partial charge < -0.3 is 9.16 Å². The van der Waals surface area contributed by atoms with E-state index < -0.39 is 8.32 Å². The van der Waals surface area contributed by atoms with Gasteiger partial charge in [0.25, 0.3) is 14.0 Å². The van der Waals surface area contributed by atoms with Crippen molar-refractivity contribution in [2.45, 2.75) is 6.61 Å². The lowest BCUT2D eigenvalue weighted by Gasteiger charge is -2.33. The molecule has 0 N–H and O–H groups in total. The van der Waals surface area contributed by atoms with Crippen molar-refractivity contribution < 1.29 is 14.1 Å². The van der Waals surface area contributed by atoms with Gasteiger partial charge in [0.05, 0.1) is 23.2 Å². The van der Waals surface area contributed by atoms with E-state index in [-0.39, 0.29) is 17.2 Å². The molecule has 5 nitrogen and oxygen atoms in total. The molecular weight excluding hydrogens is 478 g/mol. The smallest absolute Gasteiger partial charge is 0.288 e. The van der Waals surface area contributed by atoms with Gasteiger partial charge in [-0.15, -0.1) is 0 Å². The van der Waals surface area contributed by atoms with E-state index in [1.165, 1.54) is 6.07 Å². The fourth-order valence-corrected chi connectivity index (χ4v) is 8.34. The average molecular weight is 504 g/mol. The highest BCUT2D eigenvalue weighted by atomic mass is 28.4. The number of nitro benzene ring substituents is 1. The number of para-hydroxylation sites is 1. The highest BCUT2D eigenvalue weighted by molar-refractivity contribution is 7.07. The van der Waals surface area contributed by atoms with Crippen LogP contribution in [0.2, 0.25) is 0 Å². The average Bonchev–Trinajstić information content (AvgIpc) is 2.96. The first-order chi connectivity index (χ1) is 18.2. The largest absolute Gasteiger partial charge is 0.457 e. The van der Waals surface area contributed by atoms with E-state index >= 15 is 0 Å². The fraction of sp³-hybridized carbons (Fsp3) is 0.0323. The molecular formula is C31H25NO4Si. The highest BCUT2D eigenvalue weighted by Crippen LogP contribution is 2.29. The molecule has 37 heavy (non-hydrogen) atoms. The van der Waals surface area contributed by atoms with Crippen LogP contribution in [0.25, 0.3) is 0 Å². The molecule has 5 rings (SSSR count). The summed E-state index contributed by atoms with van der Waals surface area (Å²) in [5.41, 5.74) is 0.454. The predicted molar refractivity (Wildman–Crippen MR) is 148 cm³/mol. The first kappa shape index (κ1) is 24.2. The first-order valence-electron chi connectivity index (χ1n) is 12.0. The second kappa shape index (κ2) is 11.0. The van der Waals surface area contributed by atoms with Gasteiger partial charge in [0.15, 0.2) is 0 Å². The van der Waals surface area contributed by atoms with Crippen LogP contribution in [0.5, 0.6) is 11.5 Å². The van der Waals surface area contributed by atoms with Crippen molar-refractivity contribution in [3.63, 3.8) is 0 Å². The first-order valence-corrected chi connectivity index (χ1v) is 13.9. The summed E-state index contributed by atoms with van der Waals surface area (Å²) >= 11 is 0. The zero-order chi connectivity index (χ0) is 25.5. The standard InChI is InChI=1S/C31H25NO4Si/c33-32(34)31-23-27(36-26-13-5-1-6-14-26)22-21-25(31)24-35-37(28-15-7-2-8-16-28,29-17-9-3-10-18-29)30-19-11-4-12-20-30/h1-23H,24H2. The Kier molecular flexibility index (Phi) is 7.21. The van der Waals surface area contributed by atoms with Gasteiger partial charge in [0.1, 0.15) is 11.5 Å². The van der Waals surface area contributed by atoms with Crippen molar-refractivity contribution in [3.05, 3.63) is 155 Å². The van der Waals surface area contributed by atoms with Gasteiger partial charge in [0.2, 0.25) is 0 Å². The lowest BCUT2D eigenvalue weighted by Crippen LogP contribution is -2.69. The monoisotopic (exact) mass is 503 g/mol. The van der Waals surface area contributed by atoms with Crippen LogP contribution in [-0.4, -0.2) is 13.2 Å². The second-order valence-electron chi connectivity index (χ2n) is 8.53. The van der Waals surface area contributed by atoms with Gasteiger partial charge in [-0.05, 0) is 39.8 Å². The third-order valence-corrected chi connectivity index (χ3v) is 10.2. The van der Waals surface area contributed by atoms with E-state index in [1.54, 1.807) is 12.1 Å². The Morgan fingerprint density at radius 3 is 1.51 bits per heavy atom. The summed E-state index contributed by atoms with van der Waals surface area (Å²) in [4.78, 5) is 11.7. The Morgan fingerprint density at radius 2 is 1.05 bits per heavy atom. The van der Waals surface area contributed by atoms with Crippen LogP contribution in [-0.2, 0) is 11.0 Å². The van der Waals surface area contributed by atoms with Crippen molar-refractivity contribution in [1.82, 2.24) is 0 Å². The Bertz CT molecular complexity index is 1370. The Balaban J connectivity index is 1.56. The minimum absolute atomic E-state index is 0.0366. The summed E-state index contributed by atoms with van der Waals surface area (Å²) < 4.78 is 12.8. The van der Waals surface area contributed by atoms with Crippen molar-refractivity contribution in [1.29, 1.82) is 0 Å². The molecule has 0 saturated carbocycles. The molecule has 0 aromatic heterocycles. The Labute approximate surface area is 216 Å². The minimum atomic E-state index is -2.99. The number of ether oxygens (including phenoxy) is 1. The van der Waals surface area contributed by atoms with E-state index in [2.05, 4.69) is 36.4 Å². The van der Waals surface area contributed by atoms with Gasteiger partial charge in [0, 0.05) is 0 Å². The highest BCUT2D eigenvalue weighted by Gasteiger charge is 2.42. The molecule has 0 saturated heterocycles. The van der Waals surface area contributed by atoms with E-state index in [9.17, 15) is 10.1 Å². The maximum Gasteiger partial charge on any atom is 0.288 e. The van der Waals surface area contributed by atoms with Crippen LogP contribution in [0.1, 0.15) is 5.56 Å². The summed E-state index contributed by atoms with van der Waals surface area (Å²) in [5.74, 6) is 1.02. The maximum absolute atomic E-state index is 12.1. The summed E-state index contributed by atoms with van der Waals surface area (Å²) in [7, 11) is -2.99. The zero-order valence-corrected chi connectivity index (χ0v) is 21.1. The maximum atomic E-state index is 12.1. The Hall–Kier alpha value is -4.52. The summed E-state index contributed by atoms with van der Waals surface area (Å²) in [6, 6.07) is 44.6. The molecule has 0 fully saturated rings. The van der Waals surface area contributed by atoms with E-state index in [0.717, 1.165) is 15.6 Å². The number of hydrogen-bond donors (Lipinski definition) is 0. The quantitative estimate of drug-likeness (QED) is 0.114. The zero-order valence-electron chi connectivity index (χ0n) is 20.1. The molecule has 6 heteroatoms. The molecule has 5 aromatic carbocycles. The summed E-state index contributed by atoms with van der Waals surface area (Å²) in [6.07, 6.45) is 0. The lowest BCUT2D eigenvalue weighted by molar-refractivity contribution is -0.385. The molecule has 0 unspecified atom stereocenters. The number of nitro groups is 1. The predicted octanol–water partition coefficient (Wildman–Crippen LogP) is 5.57. The SMILES string of the molecule is O=[N+]([O-])c1cc(Oc2ccccc2)ccc1CO[Si](c1ccccc1)(c1ccccc1)c1ccccc1. The molecule has 0 aliphatic heterocycles. The molecule has 0 aliphatic rings. The van der Waals surface area contributed by atoms with E-state index in [0.29, 0.717) is 17.1 Å².